The number of hydrogen-bond acceptors (Lipinski definition) is 3. The van der Waals surface area contributed by atoms with E-state index in [0.29, 0.717) is 19.0 Å². The largest absolute Gasteiger partial charge is 0.380 e. The average molecular weight is 213 g/mol. The Morgan fingerprint density at radius 2 is 2.27 bits per heavy atom. The molecule has 0 saturated carbocycles. The van der Waals surface area contributed by atoms with E-state index in [1.165, 1.54) is 0 Å². The van der Waals surface area contributed by atoms with Gasteiger partial charge < -0.3 is 9.64 Å². The lowest BCUT2D eigenvalue weighted by atomic mass is 10.3. The summed E-state index contributed by atoms with van der Waals surface area (Å²) in [5, 5.41) is 0. The van der Waals surface area contributed by atoms with Gasteiger partial charge in [-0.05, 0) is 13.1 Å². The predicted octanol–water partition coefficient (Wildman–Crippen LogP) is 1.25. The van der Waals surface area contributed by atoms with E-state index >= 15 is 0 Å². The minimum atomic E-state index is -0.450. The lowest BCUT2D eigenvalue weighted by molar-refractivity contribution is 0.147. The molecule has 1 rings (SSSR count). The van der Waals surface area contributed by atoms with E-state index in [9.17, 15) is 4.39 Å². The summed E-state index contributed by atoms with van der Waals surface area (Å²) >= 11 is 0. The fourth-order valence-corrected chi connectivity index (χ4v) is 1.50. The first-order valence-electron chi connectivity index (χ1n) is 4.91. The van der Waals surface area contributed by atoms with Gasteiger partial charge in [0.25, 0.3) is 0 Å². The zero-order valence-corrected chi connectivity index (χ0v) is 8.95. The maximum atomic E-state index is 13.5. The van der Waals surface area contributed by atoms with Crippen molar-refractivity contribution < 1.29 is 9.13 Å². The van der Waals surface area contributed by atoms with Gasteiger partial charge in [-0.25, -0.2) is 4.39 Å². The highest BCUT2D eigenvalue weighted by Crippen LogP contribution is 2.09. The summed E-state index contributed by atoms with van der Waals surface area (Å²) in [6.07, 6.45) is 1.96. The Morgan fingerprint density at radius 1 is 1.47 bits per heavy atom. The Hall–Kier alpha value is -1.23. The Labute approximate surface area is 89.2 Å². The van der Waals surface area contributed by atoms with Crippen LogP contribution in [0.4, 0.5) is 4.39 Å². The Morgan fingerprint density at radius 3 is 2.93 bits per heavy atom. The van der Waals surface area contributed by atoms with E-state index in [1.807, 2.05) is 4.90 Å². The molecule has 0 bridgehead atoms. The van der Waals surface area contributed by atoms with Crippen LogP contribution in [0.3, 0.4) is 0 Å². The highest BCUT2D eigenvalue weighted by Gasteiger charge is 2.16. The molecule has 0 spiro atoms. The van der Waals surface area contributed by atoms with Crippen molar-refractivity contribution in [3.8, 4) is 0 Å². The summed E-state index contributed by atoms with van der Waals surface area (Å²) in [6, 6.07) is 0. The van der Waals surface area contributed by atoms with Crippen molar-refractivity contribution in [3.63, 3.8) is 0 Å². The van der Waals surface area contributed by atoms with Gasteiger partial charge in [-0.1, -0.05) is 0 Å². The third-order valence-electron chi connectivity index (χ3n) is 2.15. The minimum absolute atomic E-state index is 0.327. The molecule has 0 aromatic carbocycles. The van der Waals surface area contributed by atoms with Crippen molar-refractivity contribution in [3.05, 3.63) is 12.0 Å². The SMILES string of the molecule is C=N/C=C(/F)C(=NC)N1CCCOCC1. The minimum Gasteiger partial charge on any atom is -0.380 e. The van der Waals surface area contributed by atoms with Gasteiger partial charge in [0.2, 0.25) is 0 Å². The molecular weight excluding hydrogens is 197 g/mol. The highest BCUT2D eigenvalue weighted by molar-refractivity contribution is 5.96. The molecule has 0 aromatic rings. The monoisotopic (exact) mass is 213 g/mol. The summed E-state index contributed by atoms with van der Waals surface area (Å²) in [6.45, 7) is 5.96. The van der Waals surface area contributed by atoms with Crippen LogP contribution in [0.1, 0.15) is 6.42 Å². The van der Waals surface area contributed by atoms with E-state index in [2.05, 4.69) is 16.7 Å². The van der Waals surface area contributed by atoms with Crippen molar-refractivity contribution in [2.45, 2.75) is 6.42 Å². The molecule has 0 amide bonds. The number of hydrogen-bond donors (Lipinski definition) is 0. The molecule has 0 unspecified atom stereocenters. The van der Waals surface area contributed by atoms with E-state index in [0.717, 1.165) is 25.8 Å². The molecule has 0 radical (unpaired) electrons. The number of ether oxygens (including phenoxy) is 1. The zero-order chi connectivity index (χ0) is 11.1. The van der Waals surface area contributed by atoms with Crippen LogP contribution in [-0.4, -0.2) is 50.8 Å². The molecule has 84 valence electrons. The van der Waals surface area contributed by atoms with Crippen LogP contribution in [0.2, 0.25) is 0 Å². The van der Waals surface area contributed by atoms with E-state index in [-0.39, 0.29) is 0 Å². The van der Waals surface area contributed by atoms with Crippen LogP contribution in [0.25, 0.3) is 0 Å². The van der Waals surface area contributed by atoms with Crippen LogP contribution < -0.4 is 0 Å². The average Bonchev–Trinajstić information content (AvgIpc) is 2.48. The lowest BCUT2D eigenvalue weighted by Crippen LogP contribution is -2.33. The number of amidine groups is 1. The second-order valence-electron chi connectivity index (χ2n) is 3.16. The second-order valence-corrected chi connectivity index (χ2v) is 3.16. The molecule has 1 saturated heterocycles. The topological polar surface area (TPSA) is 37.2 Å². The molecule has 1 fully saturated rings. The maximum Gasteiger partial charge on any atom is 0.183 e. The van der Waals surface area contributed by atoms with Gasteiger partial charge in [0.1, 0.15) is 0 Å². The van der Waals surface area contributed by atoms with E-state index in [1.54, 1.807) is 7.05 Å². The summed E-state index contributed by atoms with van der Waals surface area (Å²) in [5.41, 5.74) is 0. The maximum absolute atomic E-state index is 13.5. The van der Waals surface area contributed by atoms with E-state index < -0.39 is 5.83 Å². The first kappa shape index (κ1) is 11.8. The van der Waals surface area contributed by atoms with Gasteiger partial charge >= 0.3 is 0 Å². The van der Waals surface area contributed by atoms with Crippen molar-refractivity contribution in [2.75, 3.05) is 33.4 Å². The molecular formula is C10H16FN3O. The summed E-state index contributed by atoms with van der Waals surface area (Å²) < 4.78 is 18.8. The Kier molecular flexibility index (Phi) is 4.97. The molecule has 1 aliphatic rings. The third-order valence-corrected chi connectivity index (χ3v) is 2.15. The van der Waals surface area contributed by atoms with Crippen LogP contribution in [0.5, 0.6) is 0 Å². The molecule has 5 heteroatoms. The molecule has 15 heavy (non-hydrogen) atoms. The summed E-state index contributed by atoms with van der Waals surface area (Å²) in [7, 11) is 1.57. The smallest absolute Gasteiger partial charge is 0.183 e. The highest BCUT2D eigenvalue weighted by atomic mass is 19.1. The van der Waals surface area contributed by atoms with Gasteiger partial charge in [0.05, 0.1) is 12.8 Å². The number of halogens is 1. The van der Waals surface area contributed by atoms with Crippen molar-refractivity contribution in [1.82, 2.24) is 4.90 Å². The van der Waals surface area contributed by atoms with Crippen LogP contribution in [-0.2, 0) is 4.74 Å². The standard InChI is InChI=1S/C10H16FN3O/c1-12-8-9(11)10(13-2)14-4-3-6-15-7-5-14/h8H,1,3-7H2,2H3/b9-8+,13-10?. The van der Waals surface area contributed by atoms with Gasteiger partial charge in [0.15, 0.2) is 11.7 Å². The van der Waals surface area contributed by atoms with Gasteiger partial charge in [0, 0.05) is 26.7 Å². The van der Waals surface area contributed by atoms with E-state index in [4.69, 9.17) is 4.74 Å². The molecule has 1 heterocycles. The van der Waals surface area contributed by atoms with Crippen molar-refractivity contribution in [2.24, 2.45) is 9.98 Å². The molecule has 4 nitrogen and oxygen atoms in total. The number of rotatable bonds is 2. The second kappa shape index (κ2) is 6.29. The zero-order valence-electron chi connectivity index (χ0n) is 8.95. The van der Waals surface area contributed by atoms with Crippen LogP contribution in [0, 0.1) is 0 Å². The van der Waals surface area contributed by atoms with Crippen molar-refractivity contribution in [1.29, 1.82) is 0 Å². The number of nitrogens with zero attached hydrogens (tertiary/aromatic N) is 3. The number of aliphatic imine (C=N–C) groups is 2. The first-order valence-corrected chi connectivity index (χ1v) is 4.91. The summed E-state index contributed by atoms with van der Waals surface area (Å²) in [4.78, 5) is 9.19. The Balaban J connectivity index is 2.72. The van der Waals surface area contributed by atoms with Gasteiger partial charge in [-0.15, -0.1) is 0 Å². The van der Waals surface area contributed by atoms with Crippen LogP contribution >= 0.6 is 0 Å². The normalized spacial score (nSPS) is 20.0. The third kappa shape index (κ3) is 3.43. The van der Waals surface area contributed by atoms with Gasteiger partial charge in [-0.3, -0.25) is 9.98 Å². The molecule has 0 aliphatic carbocycles. The first-order chi connectivity index (χ1) is 7.29. The fraction of sp³-hybridized carbons (Fsp3) is 0.600. The molecule has 0 aromatic heterocycles. The lowest BCUT2D eigenvalue weighted by Gasteiger charge is -2.21. The van der Waals surface area contributed by atoms with Crippen molar-refractivity contribution >= 4 is 12.6 Å². The molecule has 0 N–H and O–H groups in total. The molecule has 1 aliphatic heterocycles. The van der Waals surface area contributed by atoms with Gasteiger partial charge in [-0.2, -0.15) is 0 Å². The quantitative estimate of drug-likeness (QED) is 0.511. The Bertz CT molecular complexity index is 268. The predicted molar refractivity (Wildman–Crippen MR) is 59.1 cm³/mol. The van der Waals surface area contributed by atoms with Crippen LogP contribution in [0.15, 0.2) is 22.0 Å². The molecule has 0 atom stereocenters. The fourth-order valence-electron chi connectivity index (χ4n) is 1.50. The summed E-state index contributed by atoms with van der Waals surface area (Å²) in [5.74, 6) is -0.123.